The highest BCUT2D eigenvalue weighted by atomic mass is 16.5. The third-order valence-corrected chi connectivity index (χ3v) is 5.46. The monoisotopic (exact) mass is 350 g/mol. The molecule has 0 amide bonds. The Morgan fingerprint density at radius 2 is 1.81 bits per heavy atom. The molecule has 2 aromatic carbocycles. The van der Waals surface area contributed by atoms with Gasteiger partial charge in [0, 0.05) is 5.56 Å². The van der Waals surface area contributed by atoms with Crippen LogP contribution in [0.5, 0.6) is 5.75 Å². The van der Waals surface area contributed by atoms with E-state index in [0.29, 0.717) is 5.92 Å². The van der Waals surface area contributed by atoms with Crippen molar-refractivity contribution in [1.29, 1.82) is 0 Å². The normalized spacial score (nSPS) is 16.8. The molecule has 1 heterocycles. The van der Waals surface area contributed by atoms with Crippen LogP contribution in [0.25, 0.3) is 0 Å². The number of hydrogen-bond acceptors (Lipinski definition) is 2. The molecule has 2 heteroatoms. The van der Waals surface area contributed by atoms with Gasteiger partial charge in [-0.3, -0.25) is 4.79 Å². The van der Waals surface area contributed by atoms with Crippen LogP contribution >= 0.6 is 0 Å². The molecule has 0 aromatic heterocycles. The molecule has 26 heavy (non-hydrogen) atoms. The molecule has 0 radical (unpaired) electrons. The number of carbonyl (C=O) groups is 1. The van der Waals surface area contributed by atoms with Crippen molar-refractivity contribution in [2.24, 2.45) is 0 Å². The van der Waals surface area contributed by atoms with Gasteiger partial charge in [-0.25, -0.2) is 0 Å². The predicted octanol–water partition coefficient (Wildman–Crippen LogP) is 6.03. The van der Waals surface area contributed by atoms with Gasteiger partial charge in [-0.15, -0.1) is 0 Å². The quantitative estimate of drug-likeness (QED) is 0.499. The van der Waals surface area contributed by atoms with Gasteiger partial charge in [0.05, 0.1) is 0 Å². The van der Waals surface area contributed by atoms with Crippen molar-refractivity contribution in [1.82, 2.24) is 0 Å². The predicted molar refractivity (Wildman–Crippen MR) is 107 cm³/mol. The maximum absolute atomic E-state index is 12.8. The van der Waals surface area contributed by atoms with E-state index in [2.05, 4.69) is 78.8 Å². The lowest BCUT2D eigenvalue weighted by Gasteiger charge is -2.23. The van der Waals surface area contributed by atoms with Crippen molar-refractivity contribution in [3.05, 3.63) is 63.7 Å². The zero-order valence-electron chi connectivity index (χ0n) is 17.1. The molecule has 0 N–H and O–H groups in total. The second-order valence-corrected chi connectivity index (χ2v) is 8.78. The summed E-state index contributed by atoms with van der Waals surface area (Å²) in [6.07, 6.45) is 1.00. The highest BCUT2D eigenvalue weighted by Crippen LogP contribution is 2.46. The summed E-state index contributed by atoms with van der Waals surface area (Å²) >= 11 is 0. The zero-order valence-corrected chi connectivity index (χ0v) is 17.1. The van der Waals surface area contributed by atoms with Crippen LogP contribution in [0, 0.1) is 6.92 Å². The van der Waals surface area contributed by atoms with E-state index in [4.69, 9.17) is 4.74 Å². The number of hydrogen-bond donors (Lipinski definition) is 0. The van der Waals surface area contributed by atoms with Gasteiger partial charge in [0.25, 0.3) is 0 Å². The van der Waals surface area contributed by atoms with E-state index in [1.165, 1.54) is 16.7 Å². The summed E-state index contributed by atoms with van der Waals surface area (Å²) in [6, 6.07) is 10.8. The van der Waals surface area contributed by atoms with Gasteiger partial charge in [-0.2, -0.15) is 0 Å². The zero-order chi connectivity index (χ0) is 19.2. The van der Waals surface area contributed by atoms with Crippen LogP contribution in [0.2, 0.25) is 0 Å². The standard InChI is InChI=1S/C24H30O2/c1-8-16-9-10-17(11-15(16)4)21-20-13-18(24(5,6)7)12-19(14(2)3)22(20)26-23(21)25/h9-14,21H,8H2,1-7H3. The summed E-state index contributed by atoms with van der Waals surface area (Å²) in [7, 11) is 0. The van der Waals surface area contributed by atoms with Crippen molar-refractivity contribution < 1.29 is 9.53 Å². The summed E-state index contributed by atoms with van der Waals surface area (Å²) in [5.41, 5.74) is 7.03. The Kier molecular flexibility index (Phi) is 4.72. The first kappa shape index (κ1) is 18.7. The minimum atomic E-state index is -0.325. The third-order valence-electron chi connectivity index (χ3n) is 5.46. The van der Waals surface area contributed by atoms with Crippen LogP contribution in [-0.2, 0) is 16.6 Å². The molecule has 0 spiro atoms. The molecule has 1 aliphatic rings. The van der Waals surface area contributed by atoms with E-state index in [-0.39, 0.29) is 17.3 Å². The van der Waals surface area contributed by atoms with Gasteiger partial charge in [0.1, 0.15) is 11.7 Å². The Hall–Kier alpha value is -2.09. The molecular formula is C24H30O2. The van der Waals surface area contributed by atoms with Crippen LogP contribution in [0.15, 0.2) is 30.3 Å². The van der Waals surface area contributed by atoms with E-state index in [9.17, 15) is 4.79 Å². The van der Waals surface area contributed by atoms with Crippen LogP contribution < -0.4 is 4.74 Å². The minimum absolute atomic E-state index is 0.0246. The molecule has 138 valence electrons. The number of fused-ring (bicyclic) bond motifs is 1. The van der Waals surface area contributed by atoms with Gasteiger partial charge >= 0.3 is 5.97 Å². The van der Waals surface area contributed by atoms with Crippen LogP contribution in [0.1, 0.15) is 86.8 Å². The highest BCUT2D eigenvalue weighted by Gasteiger charge is 2.38. The Bertz CT molecular complexity index is 853. The molecule has 2 nitrogen and oxygen atoms in total. The summed E-state index contributed by atoms with van der Waals surface area (Å²) < 4.78 is 5.79. The summed E-state index contributed by atoms with van der Waals surface area (Å²) in [4.78, 5) is 12.8. The summed E-state index contributed by atoms with van der Waals surface area (Å²) in [5.74, 6) is 0.605. The minimum Gasteiger partial charge on any atom is -0.425 e. The molecule has 0 saturated heterocycles. The fourth-order valence-electron chi connectivity index (χ4n) is 3.77. The fourth-order valence-corrected chi connectivity index (χ4v) is 3.77. The van der Waals surface area contributed by atoms with Crippen molar-refractivity contribution in [2.75, 3.05) is 0 Å². The van der Waals surface area contributed by atoms with Crippen molar-refractivity contribution in [3.8, 4) is 5.75 Å². The summed E-state index contributed by atoms with van der Waals surface area (Å²) in [6.45, 7) is 15.2. The lowest BCUT2D eigenvalue weighted by atomic mass is 9.80. The molecule has 0 saturated carbocycles. The van der Waals surface area contributed by atoms with E-state index in [1.807, 2.05) is 0 Å². The Morgan fingerprint density at radius 1 is 1.12 bits per heavy atom. The van der Waals surface area contributed by atoms with Crippen molar-refractivity contribution in [2.45, 2.75) is 72.1 Å². The molecule has 2 aromatic rings. The molecule has 0 bridgehead atoms. The number of aryl methyl sites for hydroxylation is 2. The first-order valence-electron chi connectivity index (χ1n) is 9.63. The number of rotatable bonds is 3. The van der Waals surface area contributed by atoms with Gasteiger partial charge in [0.2, 0.25) is 0 Å². The first-order chi connectivity index (χ1) is 12.1. The lowest BCUT2D eigenvalue weighted by Crippen LogP contribution is -2.14. The maximum atomic E-state index is 12.8. The SMILES string of the molecule is CCc1ccc(C2C(=O)Oc3c(C(C)C)cc(C(C)(C)C)cc32)cc1C. The average Bonchev–Trinajstić information content (AvgIpc) is 2.88. The van der Waals surface area contributed by atoms with E-state index < -0.39 is 0 Å². The third kappa shape index (κ3) is 3.18. The molecule has 1 atom stereocenters. The van der Waals surface area contributed by atoms with E-state index in [1.54, 1.807) is 0 Å². The second kappa shape index (κ2) is 6.57. The lowest BCUT2D eigenvalue weighted by molar-refractivity contribution is -0.133. The number of carbonyl (C=O) groups excluding carboxylic acids is 1. The van der Waals surface area contributed by atoms with Crippen molar-refractivity contribution in [3.63, 3.8) is 0 Å². The van der Waals surface area contributed by atoms with Gasteiger partial charge in [-0.05, 0) is 52.5 Å². The van der Waals surface area contributed by atoms with E-state index >= 15 is 0 Å². The van der Waals surface area contributed by atoms with Crippen LogP contribution in [0.4, 0.5) is 0 Å². The Morgan fingerprint density at radius 3 is 2.35 bits per heavy atom. The molecule has 0 aliphatic carbocycles. The average molecular weight is 351 g/mol. The highest BCUT2D eigenvalue weighted by molar-refractivity contribution is 5.90. The van der Waals surface area contributed by atoms with Gasteiger partial charge in [-0.1, -0.05) is 71.9 Å². The largest absolute Gasteiger partial charge is 0.425 e. The van der Waals surface area contributed by atoms with Crippen LogP contribution in [0.3, 0.4) is 0 Å². The fraction of sp³-hybridized carbons (Fsp3) is 0.458. The molecule has 3 rings (SSSR count). The first-order valence-corrected chi connectivity index (χ1v) is 9.63. The smallest absolute Gasteiger partial charge is 0.323 e. The molecule has 1 unspecified atom stereocenters. The molecule has 0 fully saturated rings. The van der Waals surface area contributed by atoms with Crippen LogP contribution in [-0.4, -0.2) is 5.97 Å². The molecule has 1 aliphatic heterocycles. The topological polar surface area (TPSA) is 26.3 Å². The van der Waals surface area contributed by atoms with Gasteiger partial charge in [0.15, 0.2) is 0 Å². The van der Waals surface area contributed by atoms with Gasteiger partial charge < -0.3 is 4.74 Å². The molecular weight excluding hydrogens is 320 g/mol. The second-order valence-electron chi connectivity index (χ2n) is 8.78. The Labute approximate surface area is 157 Å². The number of esters is 1. The number of ether oxygens (including phenoxy) is 1. The maximum Gasteiger partial charge on any atom is 0.323 e. The Balaban J connectivity index is 2.20. The summed E-state index contributed by atoms with van der Waals surface area (Å²) in [5, 5.41) is 0. The number of benzene rings is 2. The van der Waals surface area contributed by atoms with Crippen molar-refractivity contribution >= 4 is 5.97 Å². The van der Waals surface area contributed by atoms with E-state index in [0.717, 1.165) is 28.9 Å².